The maximum absolute atomic E-state index is 12.6. The van der Waals surface area contributed by atoms with Crippen LogP contribution in [0.4, 0.5) is 0 Å². The van der Waals surface area contributed by atoms with Gasteiger partial charge in [-0.2, -0.15) is 0 Å². The number of aliphatic carboxylic acids is 1. The van der Waals surface area contributed by atoms with Crippen LogP contribution >= 0.6 is 0 Å². The van der Waals surface area contributed by atoms with Crippen molar-refractivity contribution < 1.29 is 19.8 Å². The third-order valence-electron chi connectivity index (χ3n) is 6.49. The Balaban J connectivity index is 1.59. The molecule has 1 saturated carbocycles. The minimum Gasteiger partial charge on any atom is -0.481 e. The van der Waals surface area contributed by atoms with Gasteiger partial charge in [0, 0.05) is 19.5 Å². The molecule has 1 aliphatic heterocycles. The molecule has 27 heavy (non-hydrogen) atoms. The van der Waals surface area contributed by atoms with Crippen molar-refractivity contribution >= 4 is 11.9 Å². The SMILES string of the molecule is O=C(CCC1CCCCC1)N1CC[C@](Cc2ccccc2)(C(=O)O)[C@H](O)C1. The zero-order valence-corrected chi connectivity index (χ0v) is 16.0. The van der Waals surface area contributed by atoms with Gasteiger partial charge >= 0.3 is 5.97 Å². The zero-order valence-electron chi connectivity index (χ0n) is 16.0. The van der Waals surface area contributed by atoms with Crippen molar-refractivity contribution in [2.45, 2.75) is 63.9 Å². The lowest BCUT2D eigenvalue weighted by atomic mass is 9.71. The fourth-order valence-electron chi connectivity index (χ4n) is 4.66. The van der Waals surface area contributed by atoms with Gasteiger partial charge in [0.25, 0.3) is 0 Å². The Morgan fingerprint density at radius 3 is 2.44 bits per heavy atom. The van der Waals surface area contributed by atoms with Crippen molar-refractivity contribution in [2.24, 2.45) is 11.3 Å². The summed E-state index contributed by atoms with van der Waals surface area (Å²) in [6.45, 7) is 0.516. The molecule has 1 heterocycles. The summed E-state index contributed by atoms with van der Waals surface area (Å²) in [5, 5.41) is 20.6. The van der Waals surface area contributed by atoms with E-state index in [9.17, 15) is 19.8 Å². The number of benzene rings is 1. The molecule has 0 radical (unpaired) electrons. The lowest BCUT2D eigenvalue weighted by molar-refractivity contribution is -0.166. The predicted octanol–water partition coefficient (Wildman–Crippen LogP) is 3.25. The lowest BCUT2D eigenvalue weighted by Crippen LogP contribution is -2.57. The summed E-state index contributed by atoms with van der Waals surface area (Å²) in [4.78, 5) is 26.3. The Bertz CT molecular complexity index is 641. The van der Waals surface area contributed by atoms with Gasteiger partial charge in [-0.3, -0.25) is 9.59 Å². The molecule has 5 nitrogen and oxygen atoms in total. The Kier molecular flexibility index (Phi) is 6.53. The number of carbonyl (C=O) groups is 2. The summed E-state index contributed by atoms with van der Waals surface area (Å²) in [7, 11) is 0. The molecule has 2 N–H and O–H groups in total. The largest absolute Gasteiger partial charge is 0.481 e. The van der Waals surface area contributed by atoms with Gasteiger partial charge in [0.1, 0.15) is 5.41 Å². The van der Waals surface area contributed by atoms with Crippen LogP contribution in [0.1, 0.15) is 56.9 Å². The standard InChI is InChI=1S/C22H31NO4/c24-19-16-23(20(25)12-11-17-7-3-1-4-8-17)14-13-22(19,21(26)27)15-18-9-5-2-6-10-18/h2,5-6,9-10,17,19,24H,1,3-4,7-8,11-16H2,(H,26,27)/t19-,22-/m1/s1. The van der Waals surface area contributed by atoms with E-state index in [0.29, 0.717) is 18.9 Å². The van der Waals surface area contributed by atoms with Crippen LogP contribution in [0.15, 0.2) is 30.3 Å². The predicted molar refractivity (Wildman–Crippen MR) is 103 cm³/mol. The average Bonchev–Trinajstić information content (AvgIpc) is 2.69. The van der Waals surface area contributed by atoms with Crippen LogP contribution < -0.4 is 0 Å². The molecule has 1 saturated heterocycles. The van der Waals surface area contributed by atoms with Gasteiger partial charge in [0.05, 0.1) is 6.10 Å². The average molecular weight is 373 g/mol. The first-order chi connectivity index (χ1) is 13.0. The van der Waals surface area contributed by atoms with Crippen molar-refractivity contribution in [3.8, 4) is 0 Å². The first-order valence-electron chi connectivity index (χ1n) is 10.2. The number of aliphatic hydroxyl groups excluding tert-OH is 1. The first kappa shape index (κ1) is 19.9. The number of aliphatic hydroxyl groups is 1. The molecule has 2 fully saturated rings. The number of amides is 1. The molecule has 1 aromatic rings. The topological polar surface area (TPSA) is 77.8 Å². The number of β-amino-alcohol motifs (C(OH)–C–C–N with tert-alkyl or cyclic N) is 1. The summed E-state index contributed by atoms with van der Waals surface area (Å²) >= 11 is 0. The van der Waals surface area contributed by atoms with Crippen molar-refractivity contribution in [1.29, 1.82) is 0 Å². The zero-order chi connectivity index (χ0) is 19.3. The number of hydrogen-bond donors (Lipinski definition) is 2. The van der Waals surface area contributed by atoms with Gasteiger partial charge in [-0.05, 0) is 30.7 Å². The summed E-state index contributed by atoms with van der Waals surface area (Å²) < 4.78 is 0. The Morgan fingerprint density at radius 1 is 1.11 bits per heavy atom. The number of carbonyl (C=O) groups excluding carboxylic acids is 1. The minimum atomic E-state index is -1.22. The monoisotopic (exact) mass is 373 g/mol. The lowest BCUT2D eigenvalue weighted by Gasteiger charge is -2.43. The van der Waals surface area contributed by atoms with E-state index in [2.05, 4.69) is 0 Å². The highest BCUT2D eigenvalue weighted by Crippen LogP contribution is 2.36. The van der Waals surface area contributed by atoms with Gasteiger partial charge in [-0.25, -0.2) is 0 Å². The normalized spacial score (nSPS) is 26.7. The Hall–Kier alpha value is -1.88. The third kappa shape index (κ3) is 4.70. The highest BCUT2D eigenvalue weighted by molar-refractivity contribution is 5.79. The van der Waals surface area contributed by atoms with Gasteiger partial charge in [-0.1, -0.05) is 62.4 Å². The molecule has 5 heteroatoms. The second-order valence-corrected chi connectivity index (χ2v) is 8.27. The van der Waals surface area contributed by atoms with Crippen molar-refractivity contribution in [3.05, 3.63) is 35.9 Å². The summed E-state index contributed by atoms with van der Waals surface area (Å²) in [6, 6.07) is 9.42. The molecule has 0 spiro atoms. The molecular weight excluding hydrogens is 342 g/mol. The van der Waals surface area contributed by atoms with Crippen molar-refractivity contribution in [1.82, 2.24) is 4.90 Å². The van der Waals surface area contributed by atoms with Gasteiger partial charge in [0.2, 0.25) is 5.91 Å². The number of carboxylic acids is 1. The first-order valence-corrected chi connectivity index (χ1v) is 10.2. The van der Waals surface area contributed by atoms with Gasteiger partial charge in [0.15, 0.2) is 0 Å². The van der Waals surface area contributed by atoms with Gasteiger partial charge in [-0.15, -0.1) is 0 Å². The van der Waals surface area contributed by atoms with E-state index in [1.165, 1.54) is 32.1 Å². The number of hydrogen-bond acceptors (Lipinski definition) is 3. The molecular formula is C22H31NO4. The van der Waals surface area contributed by atoms with Crippen molar-refractivity contribution in [2.75, 3.05) is 13.1 Å². The third-order valence-corrected chi connectivity index (χ3v) is 6.49. The fraction of sp³-hybridized carbons (Fsp3) is 0.636. The number of nitrogens with zero attached hydrogens (tertiary/aromatic N) is 1. The molecule has 2 aliphatic rings. The van der Waals surface area contributed by atoms with Crippen LogP contribution in [0, 0.1) is 11.3 Å². The van der Waals surface area contributed by atoms with E-state index in [0.717, 1.165) is 12.0 Å². The highest BCUT2D eigenvalue weighted by atomic mass is 16.4. The number of rotatable bonds is 6. The maximum atomic E-state index is 12.6. The molecule has 0 unspecified atom stereocenters. The van der Waals surface area contributed by atoms with Crippen LogP contribution in [0.25, 0.3) is 0 Å². The van der Waals surface area contributed by atoms with E-state index in [1.54, 1.807) is 4.90 Å². The van der Waals surface area contributed by atoms with E-state index >= 15 is 0 Å². The highest BCUT2D eigenvalue weighted by Gasteiger charge is 2.49. The number of carboxylic acid groups (broad SMARTS) is 1. The molecule has 1 aromatic carbocycles. The van der Waals surface area contributed by atoms with Crippen LogP contribution in [0.3, 0.4) is 0 Å². The molecule has 3 rings (SSSR count). The quantitative estimate of drug-likeness (QED) is 0.802. The van der Waals surface area contributed by atoms with E-state index in [4.69, 9.17) is 0 Å². The van der Waals surface area contributed by atoms with Crippen LogP contribution in [-0.2, 0) is 16.0 Å². The smallest absolute Gasteiger partial charge is 0.312 e. The molecule has 148 valence electrons. The van der Waals surface area contributed by atoms with E-state index < -0.39 is 17.5 Å². The minimum absolute atomic E-state index is 0.0540. The molecule has 1 aliphatic carbocycles. The summed E-state index contributed by atoms with van der Waals surface area (Å²) in [6.07, 6.45) is 7.22. The van der Waals surface area contributed by atoms with Crippen LogP contribution in [-0.4, -0.2) is 46.2 Å². The summed E-state index contributed by atoms with van der Waals surface area (Å²) in [5.74, 6) is -0.278. The Morgan fingerprint density at radius 2 is 1.81 bits per heavy atom. The summed E-state index contributed by atoms with van der Waals surface area (Å²) in [5.41, 5.74) is -0.322. The van der Waals surface area contributed by atoms with Crippen LogP contribution in [0.5, 0.6) is 0 Å². The second kappa shape index (κ2) is 8.87. The molecule has 1 amide bonds. The number of piperidine rings is 1. The Labute approximate surface area is 161 Å². The molecule has 0 aromatic heterocycles. The maximum Gasteiger partial charge on any atom is 0.312 e. The van der Waals surface area contributed by atoms with E-state index in [-0.39, 0.29) is 25.3 Å². The van der Waals surface area contributed by atoms with E-state index in [1.807, 2.05) is 30.3 Å². The van der Waals surface area contributed by atoms with Crippen molar-refractivity contribution in [3.63, 3.8) is 0 Å². The molecule has 2 atom stereocenters. The second-order valence-electron chi connectivity index (χ2n) is 8.27. The van der Waals surface area contributed by atoms with Gasteiger partial charge < -0.3 is 15.1 Å². The number of likely N-dealkylation sites (tertiary alicyclic amines) is 1. The molecule has 0 bridgehead atoms. The fourth-order valence-corrected chi connectivity index (χ4v) is 4.66. The van der Waals surface area contributed by atoms with Crippen LogP contribution in [0.2, 0.25) is 0 Å².